The summed E-state index contributed by atoms with van der Waals surface area (Å²) in [5.41, 5.74) is 2.33. The van der Waals surface area contributed by atoms with Gasteiger partial charge in [0.05, 0.1) is 32.0 Å². The second-order valence-electron chi connectivity index (χ2n) is 11.9. The minimum Gasteiger partial charge on any atom is -0.497 e. The highest BCUT2D eigenvalue weighted by molar-refractivity contribution is 5.88. The van der Waals surface area contributed by atoms with Crippen molar-refractivity contribution in [2.45, 2.75) is 82.7 Å². The number of nitrogens with one attached hydrogen (secondary N) is 2. The number of hydrogen-bond acceptors (Lipinski definition) is 6. The summed E-state index contributed by atoms with van der Waals surface area (Å²) in [4.78, 5) is 28.6. The average Bonchev–Trinajstić information content (AvgIpc) is 3.34. The predicted octanol–water partition coefficient (Wildman–Crippen LogP) is 4.77. The van der Waals surface area contributed by atoms with E-state index in [9.17, 15) is 23.5 Å². The number of ether oxygens (including phenoxy) is 2. The van der Waals surface area contributed by atoms with Gasteiger partial charge < -0.3 is 30.1 Å². The molecular formula is C34H45F2N3O5. The van der Waals surface area contributed by atoms with Crippen LogP contribution in [0.1, 0.15) is 74.8 Å². The number of nitrogens with zero attached hydrogens (tertiary/aromatic N) is 1. The Balaban J connectivity index is 1.64. The van der Waals surface area contributed by atoms with Crippen LogP contribution in [0.2, 0.25) is 0 Å². The summed E-state index contributed by atoms with van der Waals surface area (Å²) in [5.74, 6) is -1.64. The lowest BCUT2D eigenvalue weighted by atomic mass is 9.98. The lowest BCUT2D eigenvalue weighted by Gasteiger charge is -2.32. The van der Waals surface area contributed by atoms with Crippen molar-refractivity contribution in [3.05, 3.63) is 76.9 Å². The number of amides is 2. The van der Waals surface area contributed by atoms with Crippen LogP contribution < -0.4 is 15.4 Å². The van der Waals surface area contributed by atoms with Gasteiger partial charge in [0, 0.05) is 31.6 Å². The maximum absolute atomic E-state index is 14.1. The van der Waals surface area contributed by atoms with Crippen molar-refractivity contribution in [3.63, 3.8) is 0 Å². The van der Waals surface area contributed by atoms with E-state index >= 15 is 0 Å². The maximum Gasteiger partial charge on any atom is 0.243 e. The van der Waals surface area contributed by atoms with Crippen LogP contribution in [0.5, 0.6) is 5.75 Å². The molecule has 4 rings (SSSR count). The second kappa shape index (κ2) is 15.6. The van der Waals surface area contributed by atoms with Crippen molar-refractivity contribution in [1.29, 1.82) is 0 Å². The normalized spacial score (nSPS) is 24.9. The van der Waals surface area contributed by atoms with Crippen molar-refractivity contribution in [1.82, 2.24) is 15.5 Å². The molecule has 3 N–H and O–H groups in total. The zero-order valence-electron chi connectivity index (χ0n) is 26.0. The molecule has 2 aromatic carbocycles. The Labute approximate surface area is 258 Å². The summed E-state index contributed by atoms with van der Waals surface area (Å²) < 4.78 is 39.8. The highest BCUT2D eigenvalue weighted by Gasteiger charge is 2.35. The molecule has 0 radical (unpaired) electrons. The van der Waals surface area contributed by atoms with Gasteiger partial charge in [-0.05, 0) is 66.6 Å². The molecular weight excluding hydrogens is 568 g/mol. The van der Waals surface area contributed by atoms with E-state index in [0.717, 1.165) is 30.0 Å². The number of carbonyl (C=O) groups is 2. The van der Waals surface area contributed by atoms with Crippen LogP contribution in [-0.4, -0.2) is 67.3 Å². The van der Waals surface area contributed by atoms with E-state index in [1.165, 1.54) is 17.0 Å². The van der Waals surface area contributed by atoms with Crippen molar-refractivity contribution in [2.24, 2.45) is 5.92 Å². The number of carbonyl (C=O) groups excluding carboxylic acids is 2. The number of aliphatic hydroxyl groups is 1. The van der Waals surface area contributed by atoms with Crippen LogP contribution in [-0.2, 0) is 20.7 Å². The topological polar surface area (TPSA) is 100 Å². The number of halogens is 2. The third-order valence-corrected chi connectivity index (χ3v) is 8.66. The number of methoxy groups -OCH3 is 1. The highest BCUT2D eigenvalue weighted by Crippen LogP contribution is 2.42. The van der Waals surface area contributed by atoms with Crippen LogP contribution in [0.25, 0.3) is 0 Å². The van der Waals surface area contributed by atoms with E-state index < -0.39 is 35.7 Å². The van der Waals surface area contributed by atoms with Crippen LogP contribution in [0, 0.1) is 17.6 Å². The Morgan fingerprint density at radius 3 is 2.61 bits per heavy atom. The SMILES string of the molecule is CCCC[C@H](C)C(=O)N(C)C1CC=CCO[C@H]2C[C@H](NC[C@@H](O)[C@H](Cc3cc(F)cc(F)c3)NC1=O)c1cc(OC)ccc12. The number of fused-ring (bicyclic) bond motifs is 5. The molecule has 2 aliphatic rings. The first-order chi connectivity index (χ1) is 21.1. The van der Waals surface area contributed by atoms with Crippen molar-refractivity contribution < 1.29 is 33.0 Å². The minimum absolute atomic E-state index is 0.0167. The standard InChI is InChI=1S/C34H45F2N3O5/c1-5-6-9-21(2)34(42)39(3)30-10-7-8-13-44-32-19-28(27-18-25(43-4)11-12-26(27)32)37-20-31(40)29(38-33(30)41)16-22-14-23(35)17-24(36)15-22/h7-8,11-12,14-15,17-18,21,28-32,37,40H,5-6,9-10,13,16,19-20H2,1-4H3,(H,38,41)/t21-,28-,29-,30?,31+,32-/m0/s1. The fraction of sp³-hybridized carbons (Fsp3) is 0.529. The summed E-state index contributed by atoms with van der Waals surface area (Å²) in [6, 6.07) is 7.09. The Morgan fingerprint density at radius 1 is 1.16 bits per heavy atom. The predicted molar refractivity (Wildman–Crippen MR) is 164 cm³/mol. The summed E-state index contributed by atoms with van der Waals surface area (Å²) in [5, 5.41) is 17.8. The number of likely N-dealkylation sites (N-methyl/N-ethyl adjacent to an activating group) is 1. The largest absolute Gasteiger partial charge is 0.497 e. The molecule has 0 saturated heterocycles. The van der Waals surface area contributed by atoms with Gasteiger partial charge in [-0.25, -0.2) is 8.78 Å². The van der Waals surface area contributed by atoms with Gasteiger partial charge in [-0.1, -0.05) is 44.9 Å². The molecule has 10 heteroatoms. The molecule has 2 aromatic rings. The average molecular weight is 614 g/mol. The molecule has 1 unspecified atom stereocenters. The van der Waals surface area contributed by atoms with Gasteiger partial charge in [-0.2, -0.15) is 0 Å². The lowest BCUT2D eigenvalue weighted by molar-refractivity contribution is -0.142. The Hall–Kier alpha value is -3.34. The molecule has 0 fully saturated rings. The summed E-state index contributed by atoms with van der Waals surface area (Å²) >= 11 is 0. The van der Waals surface area contributed by atoms with Gasteiger partial charge >= 0.3 is 0 Å². The van der Waals surface area contributed by atoms with Crippen LogP contribution in [0.15, 0.2) is 48.6 Å². The fourth-order valence-electron chi connectivity index (χ4n) is 6.09. The minimum atomic E-state index is -1.12. The van der Waals surface area contributed by atoms with Gasteiger partial charge in [-0.15, -0.1) is 0 Å². The first-order valence-corrected chi connectivity index (χ1v) is 15.5. The monoisotopic (exact) mass is 613 g/mol. The van der Waals surface area contributed by atoms with E-state index in [0.29, 0.717) is 30.8 Å². The molecule has 6 atom stereocenters. The molecule has 1 heterocycles. The first kappa shape index (κ1) is 33.6. The number of β-amino-alcohol motifs (C(OH)–C–C–N with tert-alkyl or cyclic N) is 1. The molecule has 1 aliphatic heterocycles. The Morgan fingerprint density at radius 2 is 1.91 bits per heavy atom. The van der Waals surface area contributed by atoms with E-state index in [-0.39, 0.29) is 43.4 Å². The van der Waals surface area contributed by atoms with Gasteiger partial charge in [0.1, 0.15) is 23.4 Å². The molecule has 8 nitrogen and oxygen atoms in total. The quantitative estimate of drug-likeness (QED) is 0.371. The van der Waals surface area contributed by atoms with Crippen molar-refractivity contribution in [3.8, 4) is 5.75 Å². The summed E-state index contributed by atoms with van der Waals surface area (Å²) in [6.07, 6.45) is 5.79. The lowest BCUT2D eigenvalue weighted by Crippen LogP contribution is -2.55. The van der Waals surface area contributed by atoms with Gasteiger partial charge in [0.2, 0.25) is 11.8 Å². The maximum atomic E-state index is 14.1. The van der Waals surface area contributed by atoms with Gasteiger partial charge in [0.25, 0.3) is 0 Å². The van der Waals surface area contributed by atoms with Crippen molar-refractivity contribution in [2.75, 3.05) is 27.3 Å². The van der Waals surface area contributed by atoms with Gasteiger partial charge in [0.15, 0.2) is 0 Å². The molecule has 44 heavy (non-hydrogen) atoms. The molecule has 240 valence electrons. The van der Waals surface area contributed by atoms with E-state index in [2.05, 4.69) is 17.6 Å². The molecule has 2 amide bonds. The third-order valence-electron chi connectivity index (χ3n) is 8.66. The summed E-state index contributed by atoms with van der Waals surface area (Å²) in [7, 11) is 3.22. The fourth-order valence-corrected chi connectivity index (χ4v) is 6.09. The Kier molecular flexibility index (Phi) is 11.9. The van der Waals surface area contributed by atoms with Crippen LogP contribution in [0.3, 0.4) is 0 Å². The number of hydrogen-bond donors (Lipinski definition) is 3. The molecule has 2 bridgehead atoms. The zero-order valence-corrected chi connectivity index (χ0v) is 26.0. The summed E-state index contributed by atoms with van der Waals surface area (Å²) in [6.45, 7) is 4.33. The molecule has 1 aliphatic carbocycles. The molecule has 0 saturated carbocycles. The highest BCUT2D eigenvalue weighted by atomic mass is 19.1. The van der Waals surface area contributed by atoms with Crippen LogP contribution >= 0.6 is 0 Å². The van der Waals surface area contributed by atoms with Crippen LogP contribution in [0.4, 0.5) is 8.78 Å². The number of rotatable bonds is 8. The third kappa shape index (κ3) is 8.43. The van der Waals surface area contributed by atoms with E-state index in [1.54, 1.807) is 14.2 Å². The molecule has 0 aromatic heterocycles. The van der Waals surface area contributed by atoms with E-state index in [1.807, 2.05) is 37.3 Å². The number of aliphatic hydroxyl groups excluding tert-OH is 1. The first-order valence-electron chi connectivity index (χ1n) is 15.5. The van der Waals surface area contributed by atoms with Gasteiger partial charge in [-0.3, -0.25) is 9.59 Å². The number of benzene rings is 2. The van der Waals surface area contributed by atoms with Crippen molar-refractivity contribution >= 4 is 11.8 Å². The molecule has 0 spiro atoms. The zero-order chi connectivity index (χ0) is 31.8. The van der Waals surface area contributed by atoms with E-state index in [4.69, 9.17) is 9.47 Å². The smallest absolute Gasteiger partial charge is 0.243 e. The number of unbranched alkanes of at least 4 members (excludes halogenated alkanes) is 1. The Bertz CT molecular complexity index is 1300. The second-order valence-corrected chi connectivity index (χ2v) is 11.9.